The van der Waals surface area contributed by atoms with Gasteiger partial charge in [0.15, 0.2) is 23.8 Å². The van der Waals surface area contributed by atoms with Gasteiger partial charge in [0.25, 0.3) is 0 Å². The van der Waals surface area contributed by atoms with Crippen LogP contribution in [0.15, 0.2) is 24.5 Å². The summed E-state index contributed by atoms with van der Waals surface area (Å²) >= 11 is 3.30. The third-order valence-electron chi connectivity index (χ3n) is 1.97. The Morgan fingerprint density at radius 3 is 2.67 bits per heavy atom. The maximum atomic E-state index is 11.3. The molecule has 1 rings (SSSR count). The number of hydrogen-bond donors (Lipinski definition) is 0. The van der Waals surface area contributed by atoms with Crippen molar-refractivity contribution in [1.82, 2.24) is 0 Å². The maximum absolute atomic E-state index is 11.3. The van der Waals surface area contributed by atoms with Gasteiger partial charge in [0.05, 0.1) is 6.61 Å². The van der Waals surface area contributed by atoms with Gasteiger partial charge in [-0.3, -0.25) is 4.79 Å². The summed E-state index contributed by atoms with van der Waals surface area (Å²) in [5, 5.41) is 0. The monoisotopic (exact) mass is 272 g/mol. The first-order chi connectivity index (χ1) is 7.13. The minimum atomic E-state index is -0.287. The Hall–Kier alpha value is -0.900. The average Bonchev–Trinajstić information content (AvgIpc) is 2.22. The van der Waals surface area contributed by atoms with Crippen LogP contribution in [-0.2, 0) is 16.1 Å². The Balaban J connectivity index is 2.54. The van der Waals surface area contributed by atoms with Crippen molar-refractivity contribution >= 4 is 21.9 Å². The molecule has 15 heavy (non-hydrogen) atoms. The summed E-state index contributed by atoms with van der Waals surface area (Å²) in [4.78, 5) is 11.0. The molecule has 0 aliphatic heterocycles. The van der Waals surface area contributed by atoms with E-state index < -0.39 is 0 Å². The summed E-state index contributed by atoms with van der Waals surface area (Å²) in [6.45, 7) is 4.83. The molecule has 0 aliphatic carbocycles. The quantitative estimate of drug-likeness (QED) is 0.474. The Morgan fingerprint density at radius 2 is 2.13 bits per heavy atom. The molecule has 0 saturated heterocycles. The Morgan fingerprint density at radius 1 is 1.53 bits per heavy atom. The molecule has 0 fully saturated rings. The smallest absolute Gasteiger partial charge is 0.326 e. The Labute approximate surface area is 98.2 Å². The van der Waals surface area contributed by atoms with Crippen LogP contribution in [0.2, 0.25) is 0 Å². The normalized spacial score (nSPS) is 12.2. The lowest BCUT2D eigenvalue weighted by atomic mass is 10.3. The van der Waals surface area contributed by atoms with Crippen molar-refractivity contribution in [1.29, 1.82) is 0 Å². The molecular formula is C11H15BrNO2+. The number of carbonyl (C=O) groups excluding carboxylic acids is 1. The lowest BCUT2D eigenvalue weighted by molar-refractivity contribution is -0.694. The maximum Gasteiger partial charge on any atom is 0.326 e. The molecule has 4 heteroatoms. The third-order valence-corrected chi connectivity index (χ3v) is 2.63. The largest absolute Gasteiger partial charge is 0.465 e. The number of rotatable bonds is 4. The minimum Gasteiger partial charge on any atom is -0.465 e. The molecule has 0 amide bonds. The Kier molecular flexibility index (Phi) is 4.75. The van der Waals surface area contributed by atoms with Gasteiger partial charge in [-0.05, 0) is 19.4 Å². The van der Waals surface area contributed by atoms with Gasteiger partial charge in [-0.15, -0.1) is 0 Å². The minimum absolute atomic E-state index is 0.217. The van der Waals surface area contributed by atoms with Crippen LogP contribution >= 0.6 is 15.9 Å². The fraction of sp³-hybridized carbons (Fsp3) is 0.455. The number of aromatic nitrogens is 1. The van der Waals surface area contributed by atoms with Crippen LogP contribution in [0, 0.1) is 6.92 Å². The molecule has 0 aromatic carbocycles. The predicted molar refractivity (Wildman–Crippen MR) is 60.7 cm³/mol. The molecule has 0 spiro atoms. The van der Waals surface area contributed by atoms with E-state index >= 15 is 0 Å². The summed E-state index contributed by atoms with van der Waals surface area (Å²) in [7, 11) is 0. The van der Waals surface area contributed by atoms with E-state index in [-0.39, 0.29) is 10.8 Å². The van der Waals surface area contributed by atoms with E-state index in [1.165, 1.54) is 5.56 Å². The molecule has 82 valence electrons. The Bertz CT molecular complexity index is 324. The van der Waals surface area contributed by atoms with Crippen LogP contribution < -0.4 is 4.57 Å². The van der Waals surface area contributed by atoms with Crippen molar-refractivity contribution in [3.63, 3.8) is 0 Å². The molecule has 1 aromatic rings. The van der Waals surface area contributed by atoms with Crippen LogP contribution in [0.1, 0.15) is 12.5 Å². The summed E-state index contributed by atoms with van der Waals surface area (Å²) in [5.74, 6) is -0.217. The summed E-state index contributed by atoms with van der Waals surface area (Å²) < 4.78 is 6.85. The first-order valence-electron chi connectivity index (χ1n) is 4.90. The highest BCUT2D eigenvalue weighted by atomic mass is 79.9. The second-order valence-electron chi connectivity index (χ2n) is 3.29. The number of carbonyl (C=O) groups is 1. The van der Waals surface area contributed by atoms with Crippen LogP contribution in [0.3, 0.4) is 0 Å². The number of ether oxygens (including phenoxy) is 1. The zero-order valence-corrected chi connectivity index (χ0v) is 10.5. The van der Waals surface area contributed by atoms with Crippen molar-refractivity contribution in [2.45, 2.75) is 25.2 Å². The molecule has 0 saturated carbocycles. The number of nitrogens with zero attached hydrogens (tertiary/aromatic N) is 1. The molecule has 0 aliphatic rings. The highest BCUT2D eigenvalue weighted by Gasteiger charge is 2.20. The lowest BCUT2D eigenvalue weighted by Crippen LogP contribution is -2.40. The van der Waals surface area contributed by atoms with Crippen LogP contribution in [-0.4, -0.2) is 17.4 Å². The number of esters is 1. The van der Waals surface area contributed by atoms with Gasteiger partial charge in [-0.1, -0.05) is 15.9 Å². The van der Waals surface area contributed by atoms with Crippen molar-refractivity contribution in [2.24, 2.45) is 0 Å². The molecule has 3 nitrogen and oxygen atoms in total. The molecule has 0 unspecified atom stereocenters. The van der Waals surface area contributed by atoms with Gasteiger partial charge in [-0.2, -0.15) is 0 Å². The lowest BCUT2D eigenvalue weighted by Gasteiger charge is -2.05. The van der Waals surface area contributed by atoms with E-state index in [9.17, 15) is 4.79 Å². The number of alkyl halides is 1. The van der Waals surface area contributed by atoms with E-state index in [0.29, 0.717) is 13.2 Å². The number of halogens is 1. The molecule has 1 aromatic heterocycles. The fourth-order valence-electron chi connectivity index (χ4n) is 1.15. The highest BCUT2D eigenvalue weighted by molar-refractivity contribution is 9.10. The van der Waals surface area contributed by atoms with E-state index in [2.05, 4.69) is 15.9 Å². The van der Waals surface area contributed by atoms with Crippen molar-refractivity contribution in [3.05, 3.63) is 30.1 Å². The second kappa shape index (κ2) is 5.85. The topological polar surface area (TPSA) is 30.2 Å². The third kappa shape index (κ3) is 4.00. The van der Waals surface area contributed by atoms with Crippen molar-refractivity contribution < 1.29 is 14.1 Å². The summed E-state index contributed by atoms with van der Waals surface area (Å²) in [6, 6.07) is 4.01. The SMILES string of the molecule is CCOC(=O)[C@H](Br)C[n+]1ccc(C)cc1. The highest BCUT2D eigenvalue weighted by Crippen LogP contribution is 2.02. The standard InChI is InChI=1S/C11H15BrNO2/c1-3-15-11(14)10(12)8-13-6-4-9(2)5-7-13/h4-7,10H,3,8H2,1-2H3/q+1/t10-/m1/s1. The second-order valence-corrected chi connectivity index (χ2v) is 4.40. The molecule has 0 N–H and O–H groups in total. The number of aryl methyl sites for hydroxylation is 1. The van der Waals surface area contributed by atoms with Crippen molar-refractivity contribution in [3.8, 4) is 0 Å². The van der Waals surface area contributed by atoms with E-state index in [1.54, 1.807) is 6.92 Å². The molecular weight excluding hydrogens is 258 g/mol. The van der Waals surface area contributed by atoms with E-state index in [1.807, 2.05) is 36.0 Å². The first kappa shape index (κ1) is 12.2. The molecule has 1 heterocycles. The first-order valence-corrected chi connectivity index (χ1v) is 5.81. The fourth-order valence-corrected chi connectivity index (χ4v) is 1.61. The molecule has 1 atom stereocenters. The van der Waals surface area contributed by atoms with Crippen LogP contribution in [0.5, 0.6) is 0 Å². The van der Waals surface area contributed by atoms with Gasteiger partial charge < -0.3 is 4.74 Å². The average molecular weight is 273 g/mol. The van der Waals surface area contributed by atoms with Gasteiger partial charge in [-0.25, -0.2) is 4.57 Å². The predicted octanol–water partition coefficient (Wildman–Crippen LogP) is 1.61. The number of hydrogen-bond acceptors (Lipinski definition) is 2. The zero-order valence-electron chi connectivity index (χ0n) is 8.94. The van der Waals surface area contributed by atoms with Gasteiger partial charge in [0.2, 0.25) is 0 Å². The van der Waals surface area contributed by atoms with Gasteiger partial charge >= 0.3 is 5.97 Å². The molecule has 0 bridgehead atoms. The van der Waals surface area contributed by atoms with E-state index in [0.717, 1.165) is 0 Å². The number of pyridine rings is 1. The zero-order chi connectivity index (χ0) is 11.3. The molecule has 0 radical (unpaired) electrons. The summed E-state index contributed by atoms with van der Waals surface area (Å²) in [5.41, 5.74) is 1.20. The van der Waals surface area contributed by atoms with Gasteiger partial charge in [0.1, 0.15) is 0 Å². The van der Waals surface area contributed by atoms with Crippen LogP contribution in [0.4, 0.5) is 0 Å². The van der Waals surface area contributed by atoms with Gasteiger partial charge in [0, 0.05) is 12.1 Å². The summed E-state index contributed by atoms with van der Waals surface area (Å²) in [6.07, 6.45) is 3.89. The van der Waals surface area contributed by atoms with E-state index in [4.69, 9.17) is 4.74 Å². The van der Waals surface area contributed by atoms with Crippen molar-refractivity contribution in [2.75, 3.05) is 6.61 Å². The van der Waals surface area contributed by atoms with Crippen LogP contribution in [0.25, 0.3) is 0 Å².